The summed E-state index contributed by atoms with van der Waals surface area (Å²) in [5.74, 6) is 0.965. The summed E-state index contributed by atoms with van der Waals surface area (Å²) in [5.41, 5.74) is 2.14. The zero-order valence-electron chi connectivity index (χ0n) is 16.9. The number of benzene rings is 2. The van der Waals surface area contributed by atoms with Gasteiger partial charge in [-0.05, 0) is 31.2 Å². The Kier molecular flexibility index (Phi) is 5.63. The van der Waals surface area contributed by atoms with E-state index in [0.29, 0.717) is 35.3 Å². The summed E-state index contributed by atoms with van der Waals surface area (Å²) < 4.78 is 30.8. The van der Waals surface area contributed by atoms with Crippen LogP contribution in [0.4, 0.5) is 10.6 Å². The zero-order valence-corrected chi connectivity index (χ0v) is 18.5. The van der Waals surface area contributed by atoms with Gasteiger partial charge in [-0.25, -0.2) is 17.9 Å². The average Bonchev–Trinajstić information content (AvgIpc) is 3.08. The lowest BCUT2D eigenvalue weighted by atomic mass is 10.0. The van der Waals surface area contributed by atoms with E-state index in [9.17, 15) is 13.2 Å². The number of nitrogens with zero attached hydrogens (tertiary/aromatic N) is 2. The Balaban J connectivity index is 1.51. The van der Waals surface area contributed by atoms with Gasteiger partial charge in [0.1, 0.15) is 5.75 Å². The van der Waals surface area contributed by atoms with Gasteiger partial charge < -0.3 is 10.1 Å². The van der Waals surface area contributed by atoms with Crippen LogP contribution in [0.15, 0.2) is 53.6 Å². The van der Waals surface area contributed by atoms with E-state index in [1.807, 2.05) is 19.1 Å². The van der Waals surface area contributed by atoms with Crippen molar-refractivity contribution in [3.63, 3.8) is 0 Å². The minimum Gasteiger partial charge on any atom is -0.492 e. The summed E-state index contributed by atoms with van der Waals surface area (Å²) in [6.07, 6.45) is 3.49. The smallest absolute Gasteiger partial charge is 0.320 e. The van der Waals surface area contributed by atoms with Gasteiger partial charge in [-0.1, -0.05) is 29.8 Å². The highest BCUT2D eigenvalue weighted by Crippen LogP contribution is 2.37. The molecule has 2 heterocycles. The number of amides is 2. The standard InChI is InChI=1S/C21H21ClN4O4S/c1-13-12-26(14-5-3-6-15(11-14)31(2,28)29)25-20(13)24-21(27)23-18-9-10-30-19-16(18)7-4-8-17(19)22/h3-8,11-12,18H,9-10H2,1-2H3,(H2,23,24,25,27)/t18-/m0/s1. The average molecular weight is 461 g/mol. The predicted molar refractivity (Wildman–Crippen MR) is 118 cm³/mol. The number of urea groups is 1. The summed E-state index contributed by atoms with van der Waals surface area (Å²) in [6, 6.07) is 11.3. The molecule has 8 nitrogen and oxygen atoms in total. The molecule has 0 radical (unpaired) electrons. The summed E-state index contributed by atoms with van der Waals surface area (Å²) >= 11 is 6.19. The summed E-state index contributed by atoms with van der Waals surface area (Å²) in [6.45, 7) is 2.26. The fourth-order valence-electron chi connectivity index (χ4n) is 3.41. The fraction of sp³-hybridized carbons (Fsp3) is 0.238. The van der Waals surface area contributed by atoms with Crippen LogP contribution in [0, 0.1) is 6.92 Å². The normalized spacial score (nSPS) is 15.6. The summed E-state index contributed by atoms with van der Waals surface area (Å²) in [7, 11) is -3.34. The molecule has 1 aliphatic rings. The Hall–Kier alpha value is -3.04. The first kappa shape index (κ1) is 21.2. The van der Waals surface area contributed by atoms with Crippen LogP contribution in [0.1, 0.15) is 23.6 Å². The number of aryl methyl sites for hydroxylation is 1. The van der Waals surface area contributed by atoms with Crippen LogP contribution >= 0.6 is 11.6 Å². The summed E-state index contributed by atoms with van der Waals surface area (Å²) in [4.78, 5) is 12.8. The molecule has 1 atom stereocenters. The number of hydrogen-bond acceptors (Lipinski definition) is 5. The molecule has 0 bridgehead atoms. The number of hydrogen-bond donors (Lipinski definition) is 2. The molecule has 4 rings (SSSR count). The first-order valence-electron chi connectivity index (χ1n) is 9.58. The number of rotatable bonds is 4. The first-order chi connectivity index (χ1) is 14.7. The van der Waals surface area contributed by atoms with Crippen molar-refractivity contribution in [3.8, 4) is 11.4 Å². The highest BCUT2D eigenvalue weighted by Gasteiger charge is 2.25. The third kappa shape index (κ3) is 4.52. The third-order valence-electron chi connectivity index (χ3n) is 4.97. The maximum absolute atomic E-state index is 12.6. The number of halogens is 1. The molecule has 0 saturated heterocycles. The van der Waals surface area contributed by atoms with E-state index in [1.54, 1.807) is 24.4 Å². The lowest BCUT2D eigenvalue weighted by molar-refractivity contribution is 0.232. The van der Waals surface area contributed by atoms with E-state index >= 15 is 0 Å². The zero-order chi connectivity index (χ0) is 22.2. The van der Waals surface area contributed by atoms with Crippen molar-refractivity contribution in [1.29, 1.82) is 0 Å². The fourth-order valence-corrected chi connectivity index (χ4v) is 4.31. The van der Waals surface area contributed by atoms with E-state index in [0.717, 1.165) is 17.4 Å². The van der Waals surface area contributed by atoms with Crippen LogP contribution in [-0.4, -0.2) is 37.1 Å². The van der Waals surface area contributed by atoms with E-state index < -0.39 is 15.9 Å². The monoisotopic (exact) mass is 460 g/mol. The van der Waals surface area contributed by atoms with E-state index in [1.165, 1.54) is 16.8 Å². The quantitative estimate of drug-likeness (QED) is 0.615. The molecular formula is C21H21ClN4O4S. The molecule has 2 aromatic carbocycles. The Bertz CT molecular complexity index is 1260. The van der Waals surface area contributed by atoms with E-state index in [2.05, 4.69) is 15.7 Å². The van der Waals surface area contributed by atoms with Crippen molar-refractivity contribution >= 4 is 33.3 Å². The molecule has 2 N–H and O–H groups in total. The molecule has 162 valence electrons. The van der Waals surface area contributed by atoms with Gasteiger partial charge in [0, 0.05) is 30.0 Å². The number of fused-ring (bicyclic) bond motifs is 1. The SMILES string of the molecule is Cc1cn(-c2cccc(S(C)(=O)=O)c2)nc1NC(=O)N[C@H]1CCOc2c(Cl)cccc21. The third-order valence-corrected chi connectivity index (χ3v) is 6.38. The van der Waals surface area contributed by atoms with Crippen LogP contribution in [0.3, 0.4) is 0 Å². The van der Waals surface area contributed by atoms with Gasteiger partial charge in [-0.15, -0.1) is 5.10 Å². The summed E-state index contributed by atoms with van der Waals surface area (Å²) in [5, 5.41) is 10.6. The number of sulfone groups is 1. The van der Waals surface area contributed by atoms with Gasteiger partial charge in [-0.2, -0.15) is 0 Å². The molecule has 0 fully saturated rings. The van der Waals surface area contributed by atoms with Crippen LogP contribution in [0.25, 0.3) is 5.69 Å². The topological polar surface area (TPSA) is 102 Å². The minimum absolute atomic E-state index is 0.197. The Labute approximate surface area is 185 Å². The highest BCUT2D eigenvalue weighted by molar-refractivity contribution is 7.90. The molecule has 0 aliphatic carbocycles. The van der Waals surface area contributed by atoms with Crippen molar-refractivity contribution in [2.45, 2.75) is 24.3 Å². The van der Waals surface area contributed by atoms with Crippen molar-refractivity contribution < 1.29 is 17.9 Å². The maximum Gasteiger partial charge on any atom is 0.320 e. The maximum atomic E-state index is 12.6. The molecule has 1 aliphatic heterocycles. The van der Waals surface area contributed by atoms with Crippen molar-refractivity contribution in [1.82, 2.24) is 15.1 Å². The Morgan fingerprint density at radius 3 is 2.81 bits per heavy atom. The minimum atomic E-state index is -3.34. The molecule has 0 spiro atoms. The second-order valence-corrected chi connectivity index (χ2v) is 9.74. The second kappa shape index (κ2) is 8.24. The predicted octanol–water partition coefficient (Wildman–Crippen LogP) is 3.88. The molecular weight excluding hydrogens is 440 g/mol. The number of aromatic nitrogens is 2. The second-order valence-electron chi connectivity index (χ2n) is 7.32. The van der Waals surface area contributed by atoms with Gasteiger partial charge in [-0.3, -0.25) is 5.32 Å². The number of carbonyl (C=O) groups is 1. The Morgan fingerprint density at radius 1 is 1.26 bits per heavy atom. The van der Waals surface area contributed by atoms with Crippen LogP contribution in [0.5, 0.6) is 5.75 Å². The number of para-hydroxylation sites is 1. The number of carbonyl (C=O) groups excluding carboxylic acids is 1. The van der Waals surface area contributed by atoms with Crippen LogP contribution < -0.4 is 15.4 Å². The highest BCUT2D eigenvalue weighted by atomic mass is 35.5. The molecule has 31 heavy (non-hydrogen) atoms. The molecule has 3 aromatic rings. The van der Waals surface area contributed by atoms with E-state index in [4.69, 9.17) is 16.3 Å². The largest absolute Gasteiger partial charge is 0.492 e. The number of nitrogens with one attached hydrogen (secondary N) is 2. The van der Waals surface area contributed by atoms with Gasteiger partial charge >= 0.3 is 6.03 Å². The first-order valence-corrected chi connectivity index (χ1v) is 11.8. The van der Waals surface area contributed by atoms with Crippen LogP contribution in [0.2, 0.25) is 5.02 Å². The molecule has 10 heteroatoms. The number of ether oxygens (including phenoxy) is 1. The lowest BCUT2D eigenvalue weighted by Gasteiger charge is -2.27. The van der Waals surface area contributed by atoms with Gasteiger partial charge in [0.2, 0.25) is 0 Å². The van der Waals surface area contributed by atoms with Gasteiger partial charge in [0.25, 0.3) is 0 Å². The molecule has 0 saturated carbocycles. The Morgan fingerprint density at radius 2 is 2.03 bits per heavy atom. The number of anilines is 1. The van der Waals surface area contributed by atoms with Gasteiger partial charge in [0.05, 0.1) is 28.3 Å². The molecule has 2 amide bonds. The van der Waals surface area contributed by atoms with E-state index in [-0.39, 0.29) is 10.9 Å². The van der Waals surface area contributed by atoms with Crippen molar-refractivity contribution in [2.75, 3.05) is 18.2 Å². The van der Waals surface area contributed by atoms with Crippen LogP contribution in [-0.2, 0) is 9.84 Å². The van der Waals surface area contributed by atoms with Crippen molar-refractivity contribution in [3.05, 3.63) is 64.8 Å². The van der Waals surface area contributed by atoms with Gasteiger partial charge in [0.15, 0.2) is 15.7 Å². The lowest BCUT2D eigenvalue weighted by Crippen LogP contribution is -2.35. The molecule has 0 unspecified atom stereocenters. The molecule has 1 aromatic heterocycles. The van der Waals surface area contributed by atoms with Crippen molar-refractivity contribution in [2.24, 2.45) is 0 Å².